The van der Waals surface area contributed by atoms with Gasteiger partial charge in [0.05, 0.1) is 4.90 Å². The van der Waals surface area contributed by atoms with Crippen molar-refractivity contribution in [3.63, 3.8) is 0 Å². The molecule has 1 atom stereocenters. The Morgan fingerprint density at radius 1 is 1.35 bits per heavy atom. The maximum atomic E-state index is 12.4. The molecule has 2 rings (SSSR count). The first kappa shape index (κ1) is 12.0. The van der Waals surface area contributed by atoms with E-state index in [2.05, 4.69) is 11.4 Å². The largest absolute Gasteiger partial charge is 0.312 e. The summed E-state index contributed by atoms with van der Waals surface area (Å²) in [6, 6.07) is 10.8. The molecule has 1 aromatic carbocycles. The molecule has 0 radical (unpaired) electrons. The van der Waals surface area contributed by atoms with E-state index < -0.39 is 15.2 Å². The highest BCUT2D eigenvalue weighted by Crippen LogP contribution is 2.19. The first-order chi connectivity index (χ1) is 8.16. The van der Waals surface area contributed by atoms with Gasteiger partial charge >= 0.3 is 0 Å². The number of sulfone groups is 1. The molecule has 0 amide bonds. The van der Waals surface area contributed by atoms with Gasteiger partial charge in [-0.2, -0.15) is 0 Å². The summed E-state index contributed by atoms with van der Waals surface area (Å²) in [7, 11) is -3.40. The minimum Gasteiger partial charge on any atom is -0.312 e. The Hall–Kier alpha value is -1.51. The molecule has 0 spiro atoms. The summed E-state index contributed by atoms with van der Waals surface area (Å²) in [6.45, 7) is 1.62. The van der Waals surface area contributed by atoms with Crippen molar-refractivity contribution in [1.82, 2.24) is 10.2 Å². The second-order valence-electron chi connectivity index (χ2n) is 3.84. The summed E-state index contributed by atoms with van der Waals surface area (Å²) in [5.41, 5.74) is 0. The average molecular weight is 250 g/mol. The minimum atomic E-state index is -3.40. The zero-order valence-corrected chi connectivity index (χ0v) is 10.2. The van der Waals surface area contributed by atoms with Crippen LogP contribution in [0.2, 0.25) is 0 Å². The van der Waals surface area contributed by atoms with Crippen LogP contribution < -0.4 is 5.32 Å². The molecule has 0 saturated carbocycles. The molecule has 0 aliphatic carbocycles. The van der Waals surface area contributed by atoms with Gasteiger partial charge in [-0.25, -0.2) is 8.42 Å². The number of terminal acetylenes is 1. The molecule has 4 nitrogen and oxygen atoms in total. The average Bonchev–Trinajstić information content (AvgIpc) is 2.39. The Bertz CT molecular complexity index is 519. The quantitative estimate of drug-likeness (QED) is 0.766. The highest BCUT2D eigenvalue weighted by molar-refractivity contribution is 7.92. The van der Waals surface area contributed by atoms with E-state index in [9.17, 15) is 8.42 Å². The van der Waals surface area contributed by atoms with Crippen molar-refractivity contribution >= 4 is 9.84 Å². The Morgan fingerprint density at radius 2 is 2.06 bits per heavy atom. The van der Waals surface area contributed by atoms with Crippen LogP contribution >= 0.6 is 0 Å². The lowest BCUT2D eigenvalue weighted by Gasteiger charge is -2.32. The van der Waals surface area contributed by atoms with Crippen LogP contribution in [-0.2, 0) is 9.84 Å². The summed E-state index contributed by atoms with van der Waals surface area (Å²) in [5, 5.41) is 2.38. The second-order valence-corrected chi connectivity index (χ2v) is 5.94. The van der Waals surface area contributed by atoms with E-state index in [1.807, 2.05) is 0 Å². The highest BCUT2D eigenvalue weighted by Gasteiger charge is 2.33. The zero-order valence-electron chi connectivity index (χ0n) is 9.33. The third-order valence-corrected chi connectivity index (χ3v) is 4.86. The maximum absolute atomic E-state index is 12.4. The lowest BCUT2D eigenvalue weighted by atomic mass is 10.4. The Balaban J connectivity index is 2.35. The van der Waals surface area contributed by atoms with Crippen molar-refractivity contribution in [2.24, 2.45) is 0 Å². The van der Waals surface area contributed by atoms with Gasteiger partial charge in [-0.15, -0.1) is 0 Å². The fourth-order valence-corrected chi connectivity index (χ4v) is 3.56. The molecular weight excluding hydrogens is 236 g/mol. The van der Waals surface area contributed by atoms with E-state index in [0.717, 1.165) is 0 Å². The fourth-order valence-electron chi connectivity index (χ4n) is 1.87. The van der Waals surface area contributed by atoms with Crippen molar-refractivity contribution < 1.29 is 8.42 Å². The van der Waals surface area contributed by atoms with Crippen LogP contribution in [-0.4, -0.2) is 38.3 Å². The van der Waals surface area contributed by atoms with E-state index in [1.54, 1.807) is 35.2 Å². The summed E-state index contributed by atoms with van der Waals surface area (Å²) >= 11 is 0. The molecule has 1 heterocycles. The van der Waals surface area contributed by atoms with E-state index in [0.29, 0.717) is 24.5 Å². The lowest BCUT2D eigenvalue weighted by molar-refractivity contribution is 0.302. The molecule has 1 aliphatic rings. The first-order valence-corrected chi connectivity index (χ1v) is 6.93. The minimum absolute atomic E-state index is 0.314. The SMILES string of the molecule is C#CN1CCNCC1S(=O)(=O)c1ccccc1. The number of nitrogens with zero attached hydrogens (tertiary/aromatic N) is 1. The molecule has 17 heavy (non-hydrogen) atoms. The predicted octanol–water partition coefficient (Wildman–Crippen LogP) is 0.282. The van der Waals surface area contributed by atoms with Crippen LogP contribution in [0, 0.1) is 12.5 Å². The van der Waals surface area contributed by atoms with Crippen molar-refractivity contribution in [1.29, 1.82) is 0 Å². The molecule has 90 valence electrons. The summed E-state index contributed by atoms with van der Waals surface area (Å²) < 4.78 is 24.8. The third-order valence-electron chi connectivity index (χ3n) is 2.79. The van der Waals surface area contributed by atoms with Crippen molar-refractivity contribution in [2.75, 3.05) is 19.6 Å². The monoisotopic (exact) mass is 250 g/mol. The Morgan fingerprint density at radius 3 is 2.71 bits per heavy atom. The third kappa shape index (κ3) is 2.28. The molecule has 1 aliphatic heterocycles. The smallest absolute Gasteiger partial charge is 0.201 e. The van der Waals surface area contributed by atoms with Gasteiger partial charge < -0.3 is 10.2 Å². The summed E-state index contributed by atoms with van der Waals surface area (Å²) in [4.78, 5) is 1.85. The normalized spacial score (nSPS) is 20.9. The number of nitrogens with one attached hydrogen (secondary N) is 1. The summed E-state index contributed by atoms with van der Waals surface area (Å²) in [6.07, 6.45) is 5.35. The molecule has 1 saturated heterocycles. The topological polar surface area (TPSA) is 49.4 Å². The maximum Gasteiger partial charge on any atom is 0.201 e. The second kappa shape index (κ2) is 4.78. The van der Waals surface area contributed by atoms with Crippen molar-refractivity contribution in [2.45, 2.75) is 10.3 Å². The van der Waals surface area contributed by atoms with Gasteiger partial charge in [0.1, 0.15) is 0 Å². The van der Waals surface area contributed by atoms with E-state index >= 15 is 0 Å². The predicted molar refractivity (Wildman–Crippen MR) is 65.8 cm³/mol. The van der Waals surface area contributed by atoms with Gasteiger partial charge in [-0.1, -0.05) is 24.6 Å². The molecule has 1 fully saturated rings. The lowest BCUT2D eigenvalue weighted by Crippen LogP contribution is -2.52. The summed E-state index contributed by atoms with van der Waals surface area (Å²) in [5.74, 6) is 0. The van der Waals surface area contributed by atoms with Gasteiger partial charge in [-0.05, 0) is 12.1 Å². The highest BCUT2D eigenvalue weighted by atomic mass is 32.2. The molecule has 1 aromatic rings. The van der Waals surface area contributed by atoms with Crippen LogP contribution in [0.5, 0.6) is 0 Å². The number of rotatable bonds is 2. The number of piperazine rings is 1. The van der Waals surface area contributed by atoms with Crippen LogP contribution in [0.15, 0.2) is 35.2 Å². The van der Waals surface area contributed by atoms with Gasteiger partial charge in [-0.3, -0.25) is 0 Å². The molecule has 5 heteroatoms. The van der Waals surface area contributed by atoms with Gasteiger partial charge in [0.15, 0.2) is 5.37 Å². The van der Waals surface area contributed by atoms with E-state index in [1.165, 1.54) is 0 Å². The van der Waals surface area contributed by atoms with Crippen molar-refractivity contribution in [3.8, 4) is 12.5 Å². The number of benzene rings is 1. The van der Waals surface area contributed by atoms with Gasteiger partial charge in [0, 0.05) is 25.7 Å². The number of hydrogen-bond donors (Lipinski definition) is 1. The first-order valence-electron chi connectivity index (χ1n) is 5.39. The fraction of sp³-hybridized carbons (Fsp3) is 0.333. The Labute approximate surface area is 102 Å². The van der Waals surface area contributed by atoms with E-state index in [-0.39, 0.29) is 0 Å². The van der Waals surface area contributed by atoms with Crippen LogP contribution in [0.25, 0.3) is 0 Å². The van der Waals surface area contributed by atoms with Crippen LogP contribution in [0.3, 0.4) is 0 Å². The van der Waals surface area contributed by atoms with Crippen LogP contribution in [0.1, 0.15) is 0 Å². The molecule has 1 N–H and O–H groups in total. The number of hydrogen-bond acceptors (Lipinski definition) is 4. The zero-order chi connectivity index (χ0) is 12.3. The Kier molecular flexibility index (Phi) is 3.36. The van der Waals surface area contributed by atoms with Gasteiger partial charge in [0.2, 0.25) is 9.84 Å². The van der Waals surface area contributed by atoms with Crippen molar-refractivity contribution in [3.05, 3.63) is 30.3 Å². The molecular formula is C12H14N2O2S. The molecule has 0 aromatic heterocycles. The van der Waals surface area contributed by atoms with E-state index in [4.69, 9.17) is 6.42 Å². The van der Waals surface area contributed by atoms with Gasteiger partial charge in [0.25, 0.3) is 0 Å². The van der Waals surface area contributed by atoms with Crippen LogP contribution in [0.4, 0.5) is 0 Å². The standard InChI is InChI=1S/C12H14N2O2S/c1-2-14-9-8-13-10-12(14)17(15,16)11-6-4-3-5-7-11/h1,3-7,12-13H,8-10H2. The molecule has 0 bridgehead atoms. The molecule has 1 unspecified atom stereocenters.